The van der Waals surface area contributed by atoms with Crippen LogP contribution in [0.15, 0.2) is 55.0 Å². The number of benzene rings is 1. The van der Waals surface area contributed by atoms with Crippen LogP contribution in [0.4, 0.5) is 10.1 Å². The van der Waals surface area contributed by atoms with Crippen molar-refractivity contribution in [3.8, 4) is 33.1 Å². The Bertz CT molecular complexity index is 1730. The van der Waals surface area contributed by atoms with Crippen molar-refractivity contribution in [2.45, 2.75) is 6.92 Å². The zero-order valence-corrected chi connectivity index (χ0v) is 18.6. The minimum atomic E-state index is -0.414. The third kappa shape index (κ3) is 3.23. The van der Waals surface area contributed by atoms with Crippen LogP contribution in [0.5, 0.6) is 0 Å². The Kier molecular flexibility index (Phi) is 4.49. The lowest BCUT2D eigenvalue weighted by Crippen LogP contribution is -1.90. The summed E-state index contributed by atoms with van der Waals surface area (Å²) in [7, 11) is 0. The van der Waals surface area contributed by atoms with Gasteiger partial charge >= 0.3 is 0 Å². The molecule has 8 nitrogen and oxygen atoms in total. The number of nitrogen functional groups attached to an aromatic ring is 1. The van der Waals surface area contributed by atoms with Gasteiger partial charge in [-0.25, -0.2) is 14.4 Å². The van der Waals surface area contributed by atoms with Gasteiger partial charge in [0.15, 0.2) is 17.3 Å². The topological polar surface area (TPSA) is 126 Å². The third-order valence-corrected chi connectivity index (χ3v) is 6.78. The lowest BCUT2D eigenvalue weighted by Gasteiger charge is -2.05. The van der Waals surface area contributed by atoms with E-state index in [-0.39, 0.29) is 5.78 Å². The standard InChI is InChI=1S/C24H16FN7OS/c1-11(33)19-2-3-20(34-19)14-4-5-28-23-21(14)29-24(30-23)22-16-7-15(12-6-13(26)10-27-9-12)17(25)8-18(16)31-32-22/h2-10H,26H2,1H3,(H,31,32)(H,28,29,30). The number of hydrogen-bond acceptors (Lipinski definition) is 7. The highest BCUT2D eigenvalue weighted by molar-refractivity contribution is 7.17. The van der Waals surface area contributed by atoms with Gasteiger partial charge in [0.05, 0.1) is 21.6 Å². The fourth-order valence-electron chi connectivity index (χ4n) is 3.95. The molecule has 0 atom stereocenters. The summed E-state index contributed by atoms with van der Waals surface area (Å²) in [6.07, 6.45) is 4.75. The molecule has 0 bridgehead atoms. The largest absolute Gasteiger partial charge is 0.397 e. The first-order chi connectivity index (χ1) is 16.5. The molecular formula is C24H16FN7OS. The number of thiophene rings is 1. The summed E-state index contributed by atoms with van der Waals surface area (Å²) in [6.45, 7) is 1.55. The SMILES string of the molecule is CC(=O)c1ccc(-c2ccnc3nc(-c4n[nH]c5cc(F)c(-c6cncc(N)c6)cc45)[nH]c23)s1. The molecule has 0 aliphatic heterocycles. The fraction of sp³-hybridized carbons (Fsp3) is 0.0417. The summed E-state index contributed by atoms with van der Waals surface area (Å²) in [4.78, 5) is 29.8. The van der Waals surface area contributed by atoms with Crippen LogP contribution in [0.25, 0.3) is 55.2 Å². The number of ketones is 1. The summed E-state index contributed by atoms with van der Waals surface area (Å²) in [5.41, 5.74) is 10.4. The van der Waals surface area contributed by atoms with E-state index in [1.807, 2.05) is 18.2 Å². The number of aromatic nitrogens is 6. The van der Waals surface area contributed by atoms with Crippen LogP contribution in [0, 0.1) is 5.82 Å². The van der Waals surface area contributed by atoms with Crippen molar-refractivity contribution in [2.24, 2.45) is 0 Å². The number of nitrogens with one attached hydrogen (secondary N) is 2. The van der Waals surface area contributed by atoms with Crippen LogP contribution >= 0.6 is 11.3 Å². The number of nitrogens with two attached hydrogens (primary N) is 1. The molecule has 0 saturated heterocycles. The highest BCUT2D eigenvalue weighted by Crippen LogP contribution is 2.35. The first-order valence-corrected chi connectivity index (χ1v) is 11.1. The van der Waals surface area contributed by atoms with Crippen molar-refractivity contribution in [1.29, 1.82) is 0 Å². The van der Waals surface area contributed by atoms with Gasteiger partial charge in [0.25, 0.3) is 0 Å². The van der Waals surface area contributed by atoms with E-state index in [4.69, 9.17) is 5.73 Å². The van der Waals surface area contributed by atoms with Crippen LogP contribution in [0.1, 0.15) is 16.6 Å². The van der Waals surface area contributed by atoms with Crippen molar-refractivity contribution in [1.82, 2.24) is 30.1 Å². The van der Waals surface area contributed by atoms with Crippen LogP contribution in [-0.2, 0) is 0 Å². The van der Waals surface area contributed by atoms with E-state index < -0.39 is 5.82 Å². The molecule has 5 heterocycles. The van der Waals surface area contributed by atoms with Crippen molar-refractivity contribution in [2.75, 3.05) is 5.73 Å². The molecular weight excluding hydrogens is 453 g/mol. The average Bonchev–Trinajstić information content (AvgIpc) is 3.55. The van der Waals surface area contributed by atoms with E-state index in [1.165, 1.54) is 23.6 Å². The number of anilines is 1. The number of nitrogens with zero attached hydrogens (tertiary/aromatic N) is 4. The van der Waals surface area contributed by atoms with Crippen LogP contribution in [-0.4, -0.2) is 35.9 Å². The number of aromatic amines is 2. The first kappa shape index (κ1) is 20.2. The molecule has 0 unspecified atom stereocenters. The zero-order chi connectivity index (χ0) is 23.4. The maximum atomic E-state index is 14.8. The molecule has 1 aromatic carbocycles. The highest BCUT2D eigenvalue weighted by atomic mass is 32.1. The molecule has 0 aliphatic carbocycles. The normalized spacial score (nSPS) is 11.5. The third-order valence-electron chi connectivity index (χ3n) is 5.56. The van der Waals surface area contributed by atoms with Gasteiger partial charge in [-0.2, -0.15) is 5.10 Å². The second-order valence-electron chi connectivity index (χ2n) is 7.82. The number of imidazole rings is 1. The molecule has 4 N–H and O–H groups in total. The minimum Gasteiger partial charge on any atom is -0.397 e. The molecule has 5 aromatic heterocycles. The van der Waals surface area contributed by atoms with Gasteiger partial charge in [-0.05, 0) is 37.3 Å². The van der Waals surface area contributed by atoms with Crippen molar-refractivity contribution in [3.05, 3.63) is 65.7 Å². The summed E-state index contributed by atoms with van der Waals surface area (Å²) in [6, 6.07) is 10.4. The van der Waals surface area contributed by atoms with E-state index in [0.717, 1.165) is 16.0 Å². The van der Waals surface area contributed by atoms with E-state index >= 15 is 0 Å². The summed E-state index contributed by atoms with van der Waals surface area (Å²) >= 11 is 1.42. The molecule has 0 amide bonds. The molecule has 166 valence electrons. The molecule has 6 rings (SSSR count). The first-order valence-electron chi connectivity index (χ1n) is 10.3. The van der Waals surface area contributed by atoms with Gasteiger partial charge < -0.3 is 10.7 Å². The Morgan fingerprint density at radius 1 is 1.12 bits per heavy atom. The van der Waals surface area contributed by atoms with Crippen molar-refractivity contribution in [3.63, 3.8) is 0 Å². The van der Waals surface area contributed by atoms with E-state index in [1.54, 1.807) is 31.5 Å². The molecule has 34 heavy (non-hydrogen) atoms. The van der Waals surface area contributed by atoms with Crippen molar-refractivity contribution >= 4 is 44.9 Å². The maximum Gasteiger partial charge on any atom is 0.178 e. The van der Waals surface area contributed by atoms with Gasteiger partial charge in [-0.15, -0.1) is 11.3 Å². The number of pyridine rings is 2. The smallest absolute Gasteiger partial charge is 0.178 e. The van der Waals surface area contributed by atoms with E-state index in [0.29, 0.717) is 49.8 Å². The van der Waals surface area contributed by atoms with Gasteiger partial charge in [-0.3, -0.25) is 14.9 Å². The Balaban J connectivity index is 1.50. The molecule has 6 aromatic rings. The number of carbonyl (C=O) groups excluding carboxylic acids is 1. The minimum absolute atomic E-state index is 0.0215. The van der Waals surface area contributed by atoms with Gasteiger partial charge in [-0.1, -0.05) is 0 Å². The Labute approximate surface area is 195 Å². The van der Waals surface area contributed by atoms with Crippen molar-refractivity contribution < 1.29 is 9.18 Å². The zero-order valence-electron chi connectivity index (χ0n) is 17.8. The second-order valence-corrected chi connectivity index (χ2v) is 8.90. The molecule has 10 heteroatoms. The Morgan fingerprint density at radius 3 is 2.79 bits per heavy atom. The van der Waals surface area contributed by atoms with Gasteiger partial charge in [0.2, 0.25) is 0 Å². The molecule has 0 aliphatic rings. The monoisotopic (exact) mass is 469 g/mol. The molecule has 0 spiro atoms. The number of halogens is 1. The van der Waals surface area contributed by atoms with Crippen LogP contribution < -0.4 is 5.73 Å². The highest BCUT2D eigenvalue weighted by Gasteiger charge is 2.19. The van der Waals surface area contributed by atoms with Crippen LogP contribution in [0.3, 0.4) is 0 Å². The number of hydrogen-bond donors (Lipinski definition) is 3. The summed E-state index contributed by atoms with van der Waals surface area (Å²) < 4.78 is 14.8. The van der Waals surface area contributed by atoms with E-state index in [9.17, 15) is 9.18 Å². The lowest BCUT2D eigenvalue weighted by atomic mass is 10.0. The lowest BCUT2D eigenvalue weighted by molar-refractivity contribution is 0.102. The molecule has 0 fully saturated rings. The number of rotatable bonds is 4. The Morgan fingerprint density at radius 2 is 2.00 bits per heavy atom. The van der Waals surface area contributed by atoms with Gasteiger partial charge in [0.1, 0.15) is 11.5 Å². The number of Topliss-reactive ketones (excluding diaryl/α,β-unsaturated/α-hetero) is 1. The second kappa shape index (κ2) is 7.56. The predicted octanol–water partition coefficient (Wildman–Crippen LogP) is 5.22. The number of H-pyrrole nitrogens is 2. The number of fused-ring (bicyclic) bond motifs is 2. The number of carbonyl (C=O) groups is 1. The maximum absolute atomic E-state index is 14.8. The Hall–Kier alpha value is -4.44. The quantitative estimate of drug-likeness (QED) is 0.304. The fourth-order valence-corrected chi connectivity index (χ4v) is 4.88. The summed E-state index contributed by atoms with van der Waals surface area (Å²) in [5, 5.41) is 7.96. The van der Waals surface area contributed by atoms with Gasteiger partial charge in [0, 0.05) is 51.6 Å². The summed E-state index contributed by atoms with van der Waals surface area (Å²) in [5.74, 6) is 0.101. The predicted molar refractivity (Wildman–Crippen MR) is 130 cm³/mol. The van der Waals surface area contributed by atoms with E-state index in [2.05, 4.69) is 30.1 Å². The molecule has 0 saturated carbocycles. The van der Waals surface area contributed by atoms with Crippen LogP contribution in [0.2, 0.25) is 0 Å². The molecule has 0 radical (unpaired) electrons. The average molecular weight is 470 g/mol.